The molecule has 2 rings (SSSR count). The van der Waals surface area contributed by atoms with Crippen molar-refractivity contribution in [3.05, 3.63) is 57.0 Å². The zero-order chi connectivity index (χ0) is 17.9. The van der Waals surface area contributed by atoms with Crippen molar-refractivity contribution >= 4 is 60.8 Å². The summed E-state index contributed by atoms with van der Waals surface area (Å²) in [7, 11) is -3.97. The van der Waals surface area contributed by atoms with E-state index in [9.17, 15) is 13.2 Å². The lowest BCUT2D eigenvalue weighted by Gasteiger charge is -2.24. The smallest absolute Gasteiger partial charge is 0.305 e. The van der Waals surface area contributed by atoms with E-state index >= 15 is 0 Å². The van der Waals surface area contributed by atoms with Crippen LogP contribution < -0.4 is 4.31 Å². The van der Waals surface area contributed by atoms with Crippen LogP contribution >= 0.6 is 39.1 Å². The van der Waals surface area contributed by atoms with E-state index in [-0.39, 0.29) is 33.6 Å². The number of sulfonamides is 1. The molecule has 0 aliphatic carbocycles. The molecule has 0 aliphatic heterocycles. The predicted molar refractivity (Wildman–Crippen MR) is 97.4 cm³/mol. The molecule has 0 spiro atoms. The SMILES string of the molecule is O=C(O)CCN(c1cc(Cl)cc(Cl)c1)S(=O)(=O)c1ccc(Br)cc1. The number of hydrogen-bond acceptors (Lipinski definition) is 3. The van der Waals surface area contributed by atoms with E-state index in [1.54, 1.807) is 12.1 Å². The number of rotatable bonds is 6. The number of benzene rings is 2. The number of carbonyl (C=O) groups is 1. The summed E-state index contributed by atoms with van der Waals surface area (Å²) in [5.74, 6) is -1.11. The Kier molecular flexibility index (Phi) is 6.14. The summed E-state index contributed by atoms with van der Waals surface area (Å²) < 4.78 is 27.5. The third-order valence-corrected chi connectivity index (χ3v) is 5.87. The van der Waals surface area contributed by atoms with Gasteiger partial charge in [0.15, 0.2) is 0 Å². The average molecular weight is 453 g/mol. The Bertz CT molecular complexity index is 836. The summed E-state index contributed by atoms with van der Waals surface area (Å²) in [6.45, 7) is -0.246. The van der Waals surface area contributed by atoms with Gasteiger partial charge in [0.25, 0.3) is 10.0 Å². The van der Waals surface area contributed by atoms with Crippen LogP contribution in [0.25, 0.3) is 0 Å². The monoisotopic (exact) mass is 451 g/mol. The Morgan fingerprint density at radius 3 is 2.12 bits per heavy atom. The van der Waals surface area contributed by atoms with Crippen LogP contribution in [0.4, 0.5) is 5.69 Å². The van der Waals surface area contributed by atoms with Crippen LogP contribution in [-0.2, 0) is 14.8 Å². The van der Waals surface area contributed by atoms with Crippen LogP contribution in [0.15, 0.2) is 51.8 Å². The second kappa shape index (κ2) is 7.74. The van der Waals surface area contributed by atoms with Gasteiger partial charge in [0, 0.05) is 21.1 Å². The van der Waals surface area contributed by atoms with Gasteiger partial charge in [-0.3, -0.25) is 9.10 Å². The minimum absolute atomic E-state index is 0.0344. The lowest BCUT2D eigenvalue weighted by atomic mass is 10.3. The van der Waals surface area contributed by atoms with E-state index < -0.39 is 16.0 Å². The second-order valence-electron chi connectivity index (χ2n) is 4.80. The van der Waals surface area contributed by atoms with Crippen molar-refractivity contribution in [2.75, 3.05) is 10.8 Å². The number of halogens is 3. The molecule has 0 saturated heterocycles. The van der Waals surface area contributed by atoms with Crippen LogP contribution in [0.5, 0.6) is 0 Å². The number of nitrogens with zero attached hydrogens (tertiary/aromatic N) is 1. The van der Waals surface area contributed by atoms with Crippen LogP contribution in [0.1, 0.15) is 6.42 Å². The van der Waals surface area contributed by atoms with Crippen molar-refractivity contribution in [3.63, 3.8) is 0 Å². The number of carboxylic acids is 1. The molecule has 2 aromatic carbocycles. The number of hydrogen-bond donors (Lipinski definition) is 1. The fraction of sp³-hybridized carbons (Fsp3) is 0.133. The van der Waals surface area contributed by atoms with Gasteiger partial charge in [-0.15, -0.1) is 0 Å². The Morgan fingerprint density at radius 1 is 1.08 bits per heavy atom. The van der Waals surface area contributed by atoms with Gasteiger partial charge >= 0.3 is 5.97 Å². The molecule has 0 heterocycles. The van der Waals surface area contributed by atoms with E-state index in [0.29, 0.717) is 0 Å². The van der Waals surface area contributed by atoms with Crippen molar-refractivity contribution in [1.82, 2.24) is 0 Å². The van der Waals surface area contributed by atoms with Crippen molar-refractivity contribution in [3.8, 4) is 0 Å². The highest BCUT2D eigenvalue weighted by Gasteiger charge is 2.26. The predicted octanol–water partition coefficient (Wildman–Crippen LogP) is 4.43. The van der Waals surface area contributed by atoms with E-state index in [1.807, 2.05) is 0 Å². The van der Waals surface area contributed by atoms with Gasteiger partial charge in [0.05, 0.1) is 17.0 Å². The van der Waals surface area contributed by atoms with Gasteiger partial charge in [-0.1, -0.05) is 39.1 Å². The first kappa shape index (κ1) is 19.1. The third kappa shape index (κ3) is 4.63. The highest BCUT2D eigenvalue weighted by Crippen LogP contribution is 2.30. The minimum Gasteiger partial charge on any atom is -0.481 e. The Balaban J connectivity index is 2.52. The Hall–Kier alpha value is -1.28. The molecule has 5 nitrogen and oxygen atoms in total. The fourth-order valence-corrected chi connectivity index (χ4v) is 4.23. The quantitative estimate of drug-likeness (QED) is 0.703. The molecule has 0 saturated carbocycles. The maximum atomic E-state index is 12.9. The summed E-state index contributed by atoms with van der Waals surface area (Å²) in [5, 5.41) is 9.42. The summed E-state index contributed by atoms with van der Waals surface area (Å²) in [6, 6.07) is 10.4. The molecule has 9 heteroatoms. The molecule has 0 bridgehead atoms. The first-order valence-corrected chi connectivity index (χ1v) is 9.65. The van der Waals surface area contributed by atoms with Crippen molar-refractivity contribution in [2.45, 2.75) is 11.3 Å². The minimum atomic E-state index is -3.97. The second-order valence-corrected chi connectivity index (χ2v) is 8.45. The summed E-state index contributed by atoms with van der Waals surface area (Å²) >= 11 is 15.1. The molecule has 0 amide bonds. The number of carboxylic acid groups (broad SMARTS) is 1. The molecular weight excluding hydrogens is 441 g/mol. The zero-order valence-electron chi connectivity index (χ0n) is 12.1. The van der Waals surface area contributed by atoms with Crippen molar-refractivity contribution in [1.29, 1.82) is 0 Å². The molecule has 1 N–H and O–H groups in total. The topological polar surface area (TPSA) is 74.7 Å². The van der Waals surface area contributed by atoms with Crippen LogP contribution in [0, 0.1) is 0 Å². The van der Waals surface area contributed by atoms with Gasteiger partial charge in [0.2, 0.25) is 0 Å². The lowest BCUT2D eigenvalue weighted by Crippen LogP contribution is -2.33. The molecule has 0 radical (unpaired) electrons. The molecule has 0 unspecified atom stereocenters. The van der Waals surface area contributed by atoms with E-state index in [0.717, 1.165) is 8.78 Å². The molecule has 0 aromatic heterocycles. The molecule has 128 valence electrons. The summed E-state index contributed by atoms with van der Waals surface area (Å²) in [4.78, 5) is 10.9. The number of aliphatic carboxylic acids is 1. The van der Waals surface area contributed by atoms with E-state index in [4.69, 9.17) is 28.3 Å². The maximum absolute atomic E-state index is 12.9. The van der Waals surface area contributed by atoms with Crippen molar-refractivity contribution < 1.29 is 18.3 Å². The first-order chi connectivity index (χ1) is 11.2. The van der Waals surface area contributed by atoms with Gasteiger partial charge < -0.3 is 5.11 Å². The average Bonchev–Trinajstić information content (AvgIpc) is 2.46. The Labute approximate surface area is 158 Å². The first-order valence-electron chi connectivity index (χ1n) is 6.66. The maximum Gasteiger partial charge on any atom is 0.305 e. The molecule has 0 atom stereocenters. The lowest BCUT2D eigenvalue weighted by molar-refractivity contribution is -0.136. The summed E-state index contributed by atoms with van der Waals surface area (Å²) in [6.07, 6.45) is -0.361. The van der Waals surface area contributed by atoms with E-state index in [2.05, 4.69) is 15.9 Å². The largest absolute Gasteiger partial charge is 0.481 e. The van der Waals surface area contributed by atoms with Gasteiger partial charge in [-0.25, -0.2) is 8.42 Å². The van der Waals surface area contributed by atoms with Crippen LogP contribution in [-0.4, -0.2) is 26.0 Å². The zero-order valence-corrected chi connectivity index (χ0v) is 16.0. The normalized spacial score (nSPS) is 11.3. The van der Waals surface area contributed by atoms with Crippen LogP contribution in [0.2, 0.25) is 10.0 Å². The Morgan fingerprint density at radius 2 is 1.62 bits per heavy atom. The van der Waals surface area contributed by atoms with E-state index in [1.165, 1.54) is 30.3 Å². The third-order valence-electron chi connectivity index (χ3n) is 3.07. The van der Waals surface area contributed by atoms with Crippen LogP contribution in [0.3, 0.4) is 0 Å². The van der Waals surface area contributed by atoms with Gasteiger partial charge in [-0.05, 0) is 42.5 Å². The molecule has 0 fully saturated rings. The highest BCUT2D eigenvalue weighted by atomic mass is 79.9. The molecule has 24 heavy (non-hydrogen) atoms. The molecule has 0 aliphatic rings. The standard InChI is InChI=1S/C15H12BrCl2NO4S/c16-10-1-3-14(4-2-10)24(22,23)19(6-5-15(20)21)13-8-11(17)7-12(18)9-13/h1-4,7-9H,5-6H2,(H,20,21). The molecular formula is C15H12BrCl2NO4S. The van der Waals surface area contributed by atoms with Gasteiger partial charge in [0.1, 0.15) is 0 Å². The number of anilines is 1. The highest BCUT2D eigenvalue weighted by molar-refractivity contribution is 9.10. The fourth-order valence-electron chi connectivity index (χ4n) is 2.00. The molecule has 2 aromatic rings. The van der Waals surface area contributed by atoms with Crippen molar-refractivity contribution in [2.24, 2.45) is 0 Å². The van der Waals surface area contributed by atoms with Gasteiger partial charge in [-0.2, -0.15) is 0 Å². The summed E-state index contributed by atoms with van der Waals surface area (Å²) in [5.41, 5.74) is 0.205.